The van der Waals surface area contributed by atoms with Crippen LogP contribution in [0.1, 0.15) is 10.4 Å². The highest BCUT2D eigenvalue weighted by Gasteiger charge is 2.48. The quantitative estimate of drug-likeness (QED) is 0.816. The van der Waals surface area contributed by atoms with Crippen LogP contribution in [-0.2, 0) is 4.79 Å². The average Bonchev–Trinajstić information content (AvgIpc) is 2.71. The molecule has 2 aliphatic rings. The molecule has 2 aromatic rings. The minimum atomic E-state index is -3.60. The molecule has 1 aromatic heterocycles. The van der Waals surface area contributed by atoms with Crippen molar-refractivity contribution < 1.29 is 23.5 Å². The molecule has 0 atom stereocenters. The Morgan fingerprint density at radius 2 is 1.97 bits per heavy atom. The first kappa shape index (κ1) is 18.5. The van der Waals surface area contributed by atoms with Crippen molar-refractivity contribution >= 4 is 35.0 Å². The minimum absolute atomic E-state index is 0.117. The van der Waals surface area contributed by atoms with E-state index in [2.05, 4.69) is 15.3 Å². The first-order valence-corrected chi connectivity index (χ1v) is 8.55. The third-order valence-corrected chi connectivity index (χ3v) is 4.57. The van der Waals surface area contributed by atoms with E-state index in [1.54, 1.807) is 18.2 Å². The highest BCUT2D eigenvalue weighted by molar-refractivity contribution is 6.02. The number of nitrogens with one attached hydrogen (secondary N) is 1. The summed E-state index contributed by atoms with van der Waals surface area (Å²) in [6.45, 7) is -0.844. The number of carbonyl (C=O) groups is 2. The van der Waals surface area contributed by atoms with Crippen LogP contribution < -0.4 is 15.1 Å². The summed E-state index contributed by atoms with van der Waals surface area (Å²) in [6, 6.07) is 5.91. The largest absolute Gasteiger partial charge is 0.478 e. The van der Waals surface area contributed by atoms with Crippen LogP contribution in [0.4, 0.5) is 31.9 Å². The lowest BCUT2D eigenvalue weighted by molar-refractivity contribution is -0.140. The van der Waals surface area contributed by atoms with E-state index in [4.69, 9.17) is 5.11 Å². The van der Waals surface area contributed by atoms with Crippen molar-refractivity contribution in [1.82, 2.24) is 9.97 Å². The number of carboxylic acid groups (broad SMARTS) is 1. The average molecular weight is 399 g/mol. The van der Waals surface area contributed by atoms with Crippen molar-refractivity contribution in [3.8, 4) is 0 Å². The van der Waals surface area contributed by atoms with Crippen molar-refractivity contribution in [2.24, 2.45) is 0 Å². The van der Waals surface area contributed by atoms with Gasteiger partial charge in [0.15, 0.2) is 5.82 Å². The van der Waals surface area contributed by atoms with Crippen molar-refractivity contribution in [1.29, 1.82) is 0 Å². The number of aromatic carboxylic acids is 1. The normalized spacial score (nSPS) is 17.2. The number of nitrogens with zero attached hydrogens (tertiary/aromatic N) is 4. The lowest BCUT2D eigenvalue weighted by Crippen LogP contribution is -2.46. The Bertz CT molecular complexity index is 1070. The van der Waals surface area contributed by atoms with E-state index in [0.29, 0.717) is 11.4 Å². The maximum absolute atomic E-state index is 14.4. The lowest BCUT2D eigenvalue weighted by Gasteiger charge is -2.28. The van der Waals surface area contributed by atoms with Crippen LogP contribution in [-0.4, -0.2) is 46.5 Å². The van der Waals surface area contributed by atoms with Crippen molar-refractivity contribution in [2.75, 3.05) is 28.7 Å². The Hall–Kier alpha value is -3.82. The predicted molar refractivity (Wildman–Crippen MR) is 102 cm³/mol. The van der Waals surface area contributed by atoms with Gasteiger partial charge in [0.05, 0.1) is 18.3 Å². The van der Waals surface area contributed by atoms with Gasteiger partial charge >= 0.3 is 11.9 Å². The molecule has 0 saturated carbocycles. The van der Waals surface area contributed by atoms with Crippen LogP contribution in [0.5, 0.6) is 0 Å². The molecule has 0 fully saturated rings. The molecule has 0 bridgehead atoms. The third-order valence-electron chi connectivity index (χ3n) is 4.57. The SMILES string of the molecule is CN1C(=O)C(F)(F)CN(C2=CC=C2)c2nc(Nc3ccc(C(=O)O)cc3)ncc21. The summed E-state index contributed by atoms with van der Waals surface area (Å²) in [6.07, 6.45) is 6.30. The number of hydrogen-bond donors (Lipinski definition) is 2. The van der Waals surface area contributed by atoms with Crippen LogP contribution in [0.15, 0.2) is 54.4 Å². The third kappa shape index (κ3) is 3.28. The molecule has 0 radical (unpaired) electrons. The van der Waals surface area contributed by atoms with E-state index in [9.17, 15) is 18.4 Å². The number of carbonyl (C=O) groups excluding carboxylic acids is 1. The minimum Gasteiger partial charge on any atom is -0.478 e. The summed E-state index contributed by atoms with van der Waals surface area (Å²) in [5, 5.41) is 11.9. The maximum atomic E-state index is 14.4. The molecule has 1 aromatic carbocycles. The van der Waals surface area contributed by atoms with E-state index in [0.717, 1.165) is 4.90 Å². The number of aromatic nitrogens is 2. The molecular weight excluding hydrogens is 384 g/mol. The molecule has 29 heavy (non-hydrogen) atoms. The van der Waals surface area contributed by atoms with Gasteiger partial charge in [0.1, 0.15) is 5.69 Å². The van der Waals surface area contributed by atoms with Gasteiger partial charge in [-0.3, -0.25) is 4.79 Å². The molecule has 2 heterocycles. The molecule has 0 spiro atoms. The Morgan fingerprint density at radius 1 is 1.28 bits per heavy atom. The van der Waals surface area contributed by atoms with Crippen LogP contribution in [0.25, 0.3) is 0 Å². The summed E-state index contributed by atoms with van der Waals surface area (Å²) in [5.74, 6) is -5.71. The number of alkyl halides is 2. The van der Waals surface area contributed by atoms with Gasteiger partial charge in [-0.15, -0.1) is 0 Å². The standard InChI is InChI=1S/C19H15F2N5O3/c1-25-14-9-22-18(23-12-7-5-11(6-8-12)16(27)28)24-15(14)26(13-3-2-4-13)10-19(20,21)17(25)29/h2-9H,10H2,1H3,(H,27,28)(H,22,23,24). The van der Waals surface area contributed by atoms with E-state index in [1.807, 2.05) is 0 Å². The maximum Gasteiger partial charge on any atom is 0.342 e. The fourth-order valence-electron chi connectivity index (χ4n) is 2.96. The van der Waals surface area contributed by atoms with Crippen molar-refractivity contribution in [3.63, 3.8) is 0 Å². The monoisotopic (exact) mass is 399 g/mol. The number of anilines is 4. The molecule has 0 saturated heterocycles. The number of allylic oxidation sites excluding steroid dienone is 3. The summed E-state index contributed by atoms with van der Waals surface area (Å²) in [4.78, 5) is 33.7. The zero-order valence-corrected chi connectivity index (χ0v) is 15.1. The summed E-state index contributed by atoms with van der Waals surface area (Å²) in [7, 11) is 1.25. The van der Waals surface area contributed by atoms with E-state index < -0.39 is 24.3 Å². The molecule has 1 amide bonds. The molecule has 8 nitrogen and oxygen atoms in total. The number of rotatable bonds is 4. The second kappa shape index (κ2) is 6.66. The predicted octanol–water partition coefficient (Wildman–Crippen LogP) is 2.79. The first-order valence-electron chi connectivity index (χ1n) is 8.55. The van der Waals surface area contributed by atoms with Gasteiger partial charge in [-0.2, -0.15) is 13.8 Å². The number of carboxylic acids is 1. The molecule has 0 unspecified atom stereocenters. The summed E-state index contributed by atoms with van der Waals surface area (Å²) >= 11 is 0. The Morgan fingerprint density at radius 3 is 2.55 bits per heavy atom. The molecule has 2 N–H and O–H groups in total. The number of halogens is 2. The highest BCUT2D eigenvalue weighted by Crippen LogP contribution is 2.38. The van der Waals surface area contributed by atoms with Crippen molar-refractivity contribution in [2.45, 2.75) is 5.92 Å². The van der Waals surface area contributed by atoms with Crippen LogP contribution in [0.2, 0.25) is 0 Å². The number of benzene rings is 1. The lowest BCUT2D eigenvalue weighted by atomic mass is 10.1. The van der Waals surface area contributed by atoms with E-state index >= 15 is 0 Å². The number of amides is 1. The topological polar surface area (TPSA) is 98.7 Å². The summed E-state index contributed by atoms with van der Waals surface area (Å²) < 4.78 is 28.8. The summed E-state index contributed by atoms with van der Waals surface area (Å²) in [5.41, 5.74) is 1.30. The molecule has 10 heteroatoms. The van der Waals surface area contributed by atoms with Crippen LogP contribution in [0.3, 0.4) is 0 Å². The Balaban J connectivity index is 1.71. The van der Waals surface area contributed by atoms with E-state index in [-0.39, 0.29) is 23.0 Å². The van der Waals surface area contributed by atoms with Gasteiger partial charge in [0, 0.05) is 18.4 Å². The van der Waals surface area contributed by atoms with Gasteiger partial charge < -0.3 is 20.2 Å². The van der Waals surface area contributed by atoms with Gasteiger partial charge in [0.2, 0.25) is 5.95 Å². The van der Waals surface area contributed by atoms with Crippen molar-refractivity contribution in [3.05, 3.63) is 60.0 Å². The zero-order chi connectivity index (χ0) is 20.8. The van der Waals surface area contributed by atoms with Crippen LogP contribution >= 0.6 is 0 Å². The number of hydrogen-bond acceptors (Lipinski definition) is 6. The fourth-order valence-corrected chi connectivity index (χ4v) is 2.96. The molecule has 148 valence electrons. The second-order valence-corrected chi connectivity index (χ2v) is 6.52. The Labute approximate surface area is 163 Å². The smallest absolute Gasteiger partial charge is 0.342 e. The van der Waals surface area contributed by atoms with Gasteiger partial charge in [-0.1, -0.05) is 6.08 Å². The van der Waals surface area contributed by atoms with Crippen LogP contribution in [0, 0.1) is 0 Å². The fraction of sp³-hybridized carbons (Fsp3) is 0.158. The number of fused-ring (bicyclic) bond motifs is 1. The molecule has 1 aliphatic carbocycles. The highest BCUT2D eigenvalue weighted by atomic mass is 19.3. The van der Waals surface area contributed by atoms with Gasteiger partial charge in [-0.05, 0) is 36.4 Å². The zero-order valence-electron chi connectivity index (χ0n) is 15.1. The van der Waals surface area contributed by atoms with Gasteiger partial charge in [-0.25, -0.2) is 9.78 Å². The second-order valence-electron chi connectivity index (χ2n) is 6.52. The van der Waals surface area contributed by atoms with E-state index in [1.165, 1.54) is 42.4 Å². The molecule has 4 rings (SSSR count). The molecule has 1 aliphatic heterocycles. The first-order chi connectivity index (χ1) is 13.8. The van der Waals surface area contributed by atoms with Gasteiger partial charge in [0.25, 0.3) is 5.91 Å². The molecular formula is C19H15F2N5O3. The Kier molecular flexibility index (Phi) is 4.26.